The first-order valence-electron chi connectivity index (χ1n) is 12.7. The van der Waals surface area contributed by atoms with Crippen LogP contribution < -0.4 is 5.32 Å². The lowest BCUT2D eigenvalue weighted by atomic mass is 9.88. The third-order valence-corrected chi connectivity index (χ3v) is 6.60. The molecule has 4 heteroatoms. The van der Waals surface area contributed by atoms with Gasteiger partial charge in [-0.3, -0.25) is 9.59 Å². The van der Waals surface area contributed by atoms with Gasteiger partial charge in [0.15, 0.2) is 0 Å². The zero-order valence-electron chi connectivity index (χ0n) is 21.4. The zero-order chi connectivity index (χ0) is 25.2. The fraction of sp³-hybridized carbons (Fsp3) is 0.355. The van der Waals surface area contributed by atoms with Gasteiger partial charge in [-0.05, 0) is 43.4 Å². The summed E-state index contributed by atoms with van der Waals surface area (Å²) in [6.45, 7) is 8.47. The molecule has 3 aromatic carbocycles. The van der Waals surface area contributed by atoms with Crippen molar-refractivity contribution in [3.8, 4) is 0 Å². The standard InChI is InChI=1S/C31H38N2O2/c1-5-24(4)32-31(35)29(6-2)33(22-25-15-13-14-23(3)20-25)30(34)21-28(26-16-9-7-10-17-26)27-18-11-8-12-19-27/h7-20,24,28-29H,5-6,21-22H2,1-4H3,(H,32,35)/t24-,29+/m0/s1. The molecule has 0 aromatic heterocycles. The molecule has 0 aliphatic heterocycles. The molecule has 35 heavy (non-hydrogen) atoms. The number of nitrogens with one attached hydrogen (secondary N) is 1. The molecule has 184 valence electrons. The van der Waals surface area contributed by atoms with Crippen molar-refractivity contribution in [1.82, 2.24) is 10.2 Å². The summed E-state index contributed by atoms with van der Waals surface area (Å²) in [5, 5.41) is 3.10. The lowest BCUT2D eigenvalue weighted by Gasteiger charge is -2.33. The Hall–Kier alpha value is -3.40. The molecule has 2 amide bonds. The number of rotatable bonds is 11. The first kappa shape index (κ1) is 26.2. The minimum absolute atomic E-state index is 0.0182. The van der Waals surface area contributed by atoms with E-state index in [4.69, 9.17) is 0 Å². The number of carbonyl (C=O) groups excluding carboxylic acids is 2. The predicted molar refractivity (Wildman–Crippen MR) is 143 cm³/mol. The van der Waals surface area contributed by atoms with E-state index in [0.717, 1.165) is 28.7 Å². The molecule has 0 aliphatic carbocycles. The van der Waals surface area contributed by atoms with Crippen LogP contribution in [0.25, 0.3) is 0 Å². The predicted octanol–water partition coefficient (Wildman–Crippen LogP) is 6.24. The Morgan fingerprint density at radius 1 is 0.829 bits per heavy atom. The van der Waals surface area contributed by atoms with Gasteiger partial charge in [0, 0.05) is 24.9 Å². The summed E-state index contributed by atoms with van der Waals surface area (Å²) in [7, 11) is 0. The van der Waals surface area contributed by atoms with Gasteiger partial charge in [0.25, 0.3) is 0 Å². The number of aryl methyl sites for hydroxylation is 1. The van der Waals surface area contributed by atoms with E-state index in [1.54, 1.807) is 4.90 Å². The maximum absolute atomic E-state index is 14.0. The zero-order valence-corrected chi connectivity index (χ0v) is 21.4. The third-order valence-electron chi connectivity index (χ3n) is 6.60. The van der Waals surface area contributed by atoms with Gasteiger partial charge in [0.1, 0.15) is 6.04 Å². The summed E-state index contributed by atoms with van der Waals surface area (Å²) in [5.74, 6) is -0.186. The molecule has 1 N–H and O–H groups in total. The molecular weight excluding hydrogens is 432 g/mol. The van der Waals surface area contributed by atoms with Crippen molar-refractivity contribution >= 4 is 11.8 Å². The minimum Gasteiger partial charge on any atom is -0.352 e. The molecule has 3 rings (SSSR count). The second-order valence-electron chi connectivity index (χ2n) is 9.33. The molecule has 3 aromatic rings. The van der Waals surface area contributed by atoms with Gasteiger partial charge in [-0.1, -0.05) is 104 Å². The average Bonchev–Trinajstić information content (AvgIpc) is 2.88. The largest absolute Gasteiger partial charge is 0.352 e. The first-order valence-corrected chi connectivity index (χ1v) is 12.7. The van der Waals surface area contributed by atoms with Crippen molar-refractivity contribution in [2.45, 2.75) is 71.5 Å². The molecule has 0 heterocycles. The maximum Gasteiger partial charge on any atom is 0.243 e. The van der Waals surface area contributed by atoms with E-state index < -0.39 is 6.04 Å². The van der Waals surface area contributed by atoms with Crippen molar-refractivity contribution in [3.63, 3.8) is 0 Å². The van der Waals surface area contributed by atoms with E-state index in [0.29, 0.717) is 19.4 Å². The van der Waals surface area contributed by atoms with Crippen LogP contribution in [-0.2, 0) is 16.1 Å². The van der Waals surface area contributed by atoms with E-state index in [9.17, 15) is 9.59 Å². The minimum atomic E-state index is -0.524. The van der Waals surface area contributed by atoms with E-state index in [1.165, 1.54) is 0 Å². The molecule has 2 atom stereocenters. The highest BCUT2D eigenvalue weighted by atomic mass is 16.2. The second kappa shape index (κ2) is 12.9. The lowest BCUT2D eigenvalue weighted by molar-refractivity contribution is -0.141. The van der Waals surface area contributed by atoms with Crippen LogP contribution in [0.3, 0.4) is 0 Å². The summed E-state index contributed by atoms with van der Waals surface area (Å²) in [5.41, 5.74) is 4.36. The molecule has 0 spiro atoms. The summed E-state index contributed by atoms with van der Waals surface area (Å²) in [4.78, 5) is 29.0. The van der Waals surface area contributed by atoms with Crippen molar-refractivity contribution in [2.75, 3.05) is 0 Å². The normalized spacial score (nSPS) is 12.7. The molecule has 0 aliphatic rings. The Morgan fingerprint density at radius 3 is 1.94 bits per heavy atom. The number of carbonyl (C=O) groups is 2. The van der Waals surface area contributed by atoms with Crippen LogP contribution in [0.2, 0.25) is 0 Å². The quantitative estimate of drug-likeness (QED) is 0.361. The molecular formula is C31H38N2O2. The van der Waals surface area contributed by atoms with Crippen molar-refractivity contribution in [3.05, 3.63) is 107 Å². The first-order chi connectivity index (χ1) is 16.9. The number of benzene rings is 3. The van der Waals surface area contributed by atoms with Crippen LogP contribution in [0.4, 0.5) is 0 Å². The lowest BCUT2D eigenvalue weighted by Crippen LogP contribution is -2.51. The van der Waals surface area contributed by atoms with E-state index in [2.05, 4.69) is 35.6 Å². The molecule has 0 bridgehead atoms. The summed E-state index contributed by atoms with van der Waals surface area (Å²) in [6.07, 6.45) is 1.70. The Morgan fingerprint density at radius 2 is 1.43 bits per heavy atom. The Balaban J connectivity index is 1.95. The molecule has 4 nitrogen and oxygen atoms in total. The van der Waals surface area contributed by atoms with Gasteiger partial charge < -0.3 is 10.2 Å². The summed E-state index contributed by atoms with van der Waals surface area (Å²) in [6, 6.07) is 28.0. The number of nitrogens with zero attached hydrogens (tertiary/aromatic N) is 1. The monoisotopic (exact) mass is 470 g/mol. The maximum atomic E-state index is 14.0. The van der Waals surface area contributed by atoms with Gasteiger partial charge in [0.2, 0.25) is 11.8 Å². The van der Waals surface area contributed by atoms with E-state index in [1.807, 2.05) is 82.3 Å². The van der Waals surface area contributed by atoms with Crippen LogP contribution in [0.15, 0.2) is 84.9 Å². The van der Waals surface area contributed by atoms with Gasteiger partial charge in [-0.15, -0.1) is 0 Å². The van der Waals surface area contributed by atoms with E-state index >= 15 is 0 Å². The van der Waals surface area contributed by atoms with Gasteiger partial charge >= 0.3 is 0 Å². The van der Waals surface area contributed by atoms with Crippen LogP contribution in [0, 0.1) is 6.92 Å². The molecule has 0 radical (unpaired) electrons. The molecule has 0 fully saturated rings. The van der Waals surface area contributed by atoms with Gasteiger partial charge in [0.05, 0.1) is 0 Å². The Labute approximate surface area is 210 Å². The smallest absolute Gasteiger partial charge is 0.243 e. The van der Waals surface area contributed by atoms with Gasteiger partial charge in [-0.2, -0.15) is 0 Å². The number of amides is 2. The fourth-order valence-corrected chi connectivity index (χ4v) is 4.46. The van der Waals surface area contributed by atoms with Crippen molar-refractivity contribution < 1.29 is 9.59 Å². The SMILES string of the molecule is CC[C@H](C(=O)N[C@@H](C)CC)N(Cc1cccc(C)c1)C(=O)CC(c1ccccc1)c1ccccc1. The van der Waals surface area contributed by atoms with Crippen molar-refractivity contribution in [1.29, 1.82) is 0 Å². The molecule has 0 saturated heterocycles. The Bertz CT molecular complexity index is 1040. The van der Waals surface area contributed by atoms with Crippen LogP contribution >= 0.6 is 0 Å². The number of hydrogen-bond acceptors (Lipinski definition) is 2. The fourth-order valence-electron chi connectivity index (χ4n) is 4.46. The average molecular weight is 471 g/mol. The van der Waals surface area contributed by atoms with Crippen molar-refractivity contribution in [2.24, 2.45) is 0 Å². The second-order valence-corrected chi connectivity index (χ2v) is 9.33. The number of hydrogen-bond donors (Lipinski definition) is 1. The third kappa shape index (κ3) is 7.29. The van der Waals surface area contributed by atoms with E-state index in [-0.39, 0.29) is 23.8 Å². The summed E-state index contributed by atoms with van der Waals surface area (Å²) < 4.78 is 0. The highest BCUT2D eigenvalue weighted by Crippen LogP contribution is 2.29. The van der Waals surface area contributed by atoms with Crippen LogP contribution in [-0.4, -0.2) is 28.8 Å². The molecule has 0 saturated carbocycles. The topological polar surface area (TPSA) is 49.4 Å². The van der Waals surface area contributed by atoms with Crippen LogP contribution in [0.1, 0.15) is 68.2 Å². The summed E-state index contributed by atoms with van der Waals surface area (Å²) >= 11 is 0. The van der Waals surface area contributed by atoms with Gasteiger partial charge in [-0.25, -0.2) is 0 Å². The van der Waals surface area contributed by atoms with Crippen LogP contribution in [0.5, 0.6) is 0 Å². The molecule has 0 unspecified atom stereocenters. The highest BCUT2D eigenvalue weighted by Gasteiger charge is 2.31. The Kier molecular flexibility index (Phi) is 9.66. The highest BCUT2D eigenvalue weighted by molar-refractivity contribution is 5.88.